The molecule has 8 atom stereocenters. The topological polar surface area (TPSA) is 149 Å². The smallest absolute Gasteiger partial charge is 0.344 e. The third kappa shape index (κ3) is 8.57. The van der Waals surface area contributed by atoms with Gasteiger partial charge in [-0.05, 0) is 98.7 Å². The van der Waals surface area contributed by atoms with Crippen molar-refractivity contribution in [3.05, 3.63) is 105 Å². The van der Waals surface area contributed by atoms with Gasteiger partial charge in [0.15, 0.2) is 0 Å². The van der Waals surface area contributed by atoms with Crippen molar-refractivity contribution < 1.29 is 19.2 Å². The summed E-state index contributed by atoms with van der Waals surface area (Å²) in [5.41, 5.74) is 9.53. The first-order valence-electron chi connectivity index (χ1n) is 22.8. The van der Waals surface area contributed by atoms with Crippen LogP contribution in [0.15, 0.2) is 67.3 Å². The number of carbonyl (C=O) groups is 4. The summed E-state index contributed by atoms with van der Waals surface area (Å²) in [6.45, 7) is 7.24. The van der Waals surface area contributed by atoms with Gasteiger partial charge in [-0.1, -0.05) is 53.5 Å². The number of piperazine rings is 1. The number of nitrogens with zero attached hydrogens (tertiary/aromatic N) is 10. The minimum atomic E-state index is -0.599. The second-order valence-corrected chi connectivity index (χ2v) is 20.2. The highest BCUT2D eigenvalue weighted by Crippen LogP contribution is 2.46. The summed E-state index contributed by atoms with van der Waals surface area (Å²) in [4.78, 5) is 64.5. The fraction of sp³-hybridized carbons (Fsp3) is 0.532. The van der Waals surface area contributed by atoms with E-state index < -0.39 is 5.91 Å². The highest BCUT2D eigenvalue weighted by atomic mass is 35.5. The highest BCUT2D eigenvalue weighted by molar-refractivity contribution is 6.31. The first-order chi connectivity index (χ1) is 30.9. The van der Waals surface area contributed by atoms with E-state index in [9.17, 15) is 19.2 Å². The number of hydrogen-bond acceptors (Lipinski definition) is 9. The normalized spacial score (nSPS) is 27.8. The molecule has 5 heterocycles. The van der Waals surface area contributed by atoms with Crippen molar-refractivity contribution in [1.82, 2.24) is 49.0 Å². The van der Waals surface area contributed by atoms with Gasteiger partial charge in [0.25, 0.3) is 11.8 Å². The van der Waals surface area contributed by atoms with Crippen LogP contribution in [0.4, 0.5) is 9.59 Å². The molecule has 0 bridgehead atoms. The van der Waals surface area contributed by atoms with Crippen molar-refractivity contribution in [2.75, 3.05) is 66.5 Å². The van der Waals surface area contributed by atoms with Crippen LogP contribution in [0.1, 0.15) is 75.4 Å². The number of fused-ring (bicyclic) bond motifs is 2. The van der Waals surface area contributed by atoms with Crippen LogP contribution in [0.5, 0.6) is 0 Å². The van der Waals surface area contributed by atoms with Crippen molar-refractivity contribution in [3.63, 3.8) is 0 Å². The number of rotatable bonds is 10. The third-order valence-electron chi connectivity index (χ3n) is 15.5. The van der Waals surface area contributed by atoms with Gasteiger partial charge in [-0.15, -0.1) is 0 Å². The van der Waals surface area contributed by atoms with Crippen molar-refractivity contribution in [2.45, 2.75) is 69.2 Å². The fourth-order valence-electron chi connectivity index (χ4n) is 11.7. The van der Waals surface area contributed by atoms with Crippen LogP contribution in [-0.4, -0.2) is 157 Å². The van der Waals surface area contributed by atoms with Crippen LogP contribution in [-0.2, 0) is 13.1 Å². The third-order valence-corrected chi connectivity index (χ3v) is 16.2. The Morgan fingerprint density at radius 2 is 1.17 bits per heavy atom. The predicted octanol–water partition coefficient (Wildman–Crippen LogP) is 5.42. The second kappa shape index (κ2) is 17.5. The van der Waals surface area contributed by atoms with Crippen LogP contribution in [0.3, 0.4) is 0 Å². The molecule has 6 aliphatic rings. The lowest BCUT2D eigenvalue weighted by Crippen LogP contribution is -2.49. The quantitative estimate of drug-likeness (QED) is 0.220. The van der Waals surface area contributed by atoms with Crippen LogP contribution in [0.2, 0.25) is 10.0 Å². The summed E-state index contributed by atoms with van der Waals surface area (Å²) in [5.74, 6) is 1.52. The van der Waals surface area contributed by atoms with Gasteiger partial charge in [0, 0.05) is 112 Å². The molecule has 4 amide bonds. The molecule has 3 aliphatic heterocycles. The summed E-state index contributed by atoms with van der Waals surface area (Å²) in [6.07, 6.45) is 11.1. The predicted molar refractivity (Wildman–Crippen MR) is 242 cm³/mol. The summed E-state index contributed by atoms with van der Waals surface area (Å²) >= 11 is 13.4. The summed E-state index contributed by atoms with van der Waals surface area (Å²) in [6, 6.07) is 15.5. The molecule has 3 saturated heterocycles. The maximum atomic E-state index is 13.6. The lowest BCUT2D eigenvalue weighted by atomic mass is 10.0. The molecule has 64 heavy (non-hydrogen) atoms. The Morgan fingerprint density at radius 1 is 0.656 bits per heavy atom. The Labute approximate surface area is 384 Å². The molecular formula is C47H57Cl2N11O4. The maximum absolute atomic E-state index is 13.6. The fourth-order valence-corrected chi connectivity index (χ4v) is 12.1. The molecule has 338 valence electrons. The van der Waals surface area contributed by atoms with Crippen molar-refractivity contribution in [3.8, 4) is 0 Å². The molecule has 15 nitrogen and oxygen atoms in total. The van der Waals surface area contributed by atoms with Gasteiger partial charge < -0.3 is 20.4 Å². The van der Waals surface area contributed by atoms with E-state index in [2.05, 4.69) is 63.3 Å². The van der Waals surface area contributed by atoms with Crippen molar-refractivity contribution in [1.29, 1.82) is 0 Å². The number of aromatic nitrogens is 4. The van der Waals surface area contributed by atoms with Crippen LogP contribution < -0.4 is 5.73 Å². The number of amides is 4. The van der Waals surface area contributed by atoms with Crippen LogP contribution >= 0.6 is 23.2 Å². The van der Waals surface area contributed by atoms with E-state index in [1.807, 2.05) is 32.9 Å². The summed E-state index contributed by atoms with van der Waals surface area (Å²) in [5, 5.41) is 10.00. The van der Waals surface area contributed by atoms with Gasteiger partial charge in [-0.2, -0.15) is 19.6 Å². The highest BCUT2D eigenvalue weighted by Gasteiger charge is 2.46. The Hall–Kier alpha value is -4.80. The molecule has 0 spiro atoms. The Morgan fingerprint density at radius 3 is 1.69 bits per heavy atom. The van der Waals surface area contributed by atoms with E-state index in [-0.39, 0.29) is 23.5 Å². The Kier molecular flexibility index (Phi) is 11.8. The number of benzene rings is 2. The lowest BCUT2D eigenvalue weighted by molar-refractivity contribution is 0.0624. The molecule has 4 aromatic rings. The van der Waals surface area contributed by atoms with E-state index in [1.165, 1.54) is 33.5 Å². The van der Waals surface area contributed by atoms with Gasteiger partial charge in [0.05, 0.1) is 23.5 Å². The Balaban J connectivity index is 0.652. The molecule has 17 heteroatoms. The van der Waals surface area contributed by atoms with Gasteiger partial charge >= 0.3 is 12.1 Å². The molecule has 3 aliphatic carbocycles. The number of likely N-dealkylation sites (tertiary alicyclic amines) is 2. The monoisotopic (exact) mass is 909 g/mol. The zero-order chi connectivity index (χ0) is 44.4. The van der Waals surface area contributed by atoms with E-state index in [0.29, 0.717) is 92.5 Å². The van der Waals surface area contributed by atoms with E-state index in [0.717, 1.165) is 79.5 Å². The molecule has 2 aromatic carbocycles. The van der Waals surface area contributed by atoms with Crippen LogP contribution in [0.25, 0.3) is 0 Å². The van der Waals surface area contributed by atoms with Gasteiger partial charge in [-0.3, -0.25) is 24.3 Å². The molecule has 0 radical (unpaired) electrons. The van der Waals surface area contributed by atoms with Gasteiger partial charge in [-0.25, -0.2) is 9.59 Å². The molecule has 2 aromatic heterocycles. The maximum Gasteiger partial charge on any atom is 0.344 e. The summed E-state index contributed by atoms with van der Waals surface area (Å²) < 4.78 is 2.56. The number of carbonyl (C=O) groups excluding carboxylic acids is 4. The average Bonchev–Trinajstić information content (AvgIpc) is 3.98. The van der Waals surface area contributed by atoms with Crippen molar-refractivity contribution >= 4 is 47.1 Å². The van der Waals surface area contributed by atoms with E-state index in [4.69, 9.17) is 28.9 Å². The molecule has 10 rings (SSSR count). The zero-order valence-corrected chi connectivity index (χ0v) is 38.0. The van der Waals surface area contributed by atoms with Gasteiger partial charge in [0.1, 0.15) is 0 Å². The number of hydrogen-bond donors (Lipinski definition) is 1. The molecular weight excluding hydrogens is 853 g/mol. The lowest BCUT2D eigenvalue weighted by Gasteiger charge is -2.35. The molecule has 4 unspecified atom stereocenters. The average molecular weight is 911 g/mol. The molecule has 3 saturated carbocycles. The zero-order valence-electron chi connectivity index (χ0n) is 36.5. The minimum Gasteiger partial charge on any atom is -0.366 e. The molecule has 2 N–H and O–H groups in total. The second-order valence-electron chi connectivity index (χ2n) is 19.4. The first kappa shape index (κ1) is 43.1. The largest absolute Gasteiger partial charge is 0.366 e. The van der Waals surface area contributed by atoms with E-state index >= 15 is 0 Å². The first-order valence-corrected chi connectivity index (χ1v) is 23.6. The standard InChI is InChI=1S/C47H57Cl2N11O4/c1-53(21-30-5-3-4-6-41(30)48)38-13-32-25-58(26-33(32)14-38)47(64)60-28-37(20-52-60)45(62)56-11-9-55(10-12-56)43-18-40(43)29-7-8-31(42(49)17-29)22-54(2)39-15-34-23-57(24-35(34)16-39)46(63)59-27-36(19-51-59)44(50)61/h3-8,17,19-20,27-28,32-35,38-40,43H,9-16,18,21-26H2,1-2H3,(H2,50,61)/t32-,33+,34-,35+,38?,39?,40?,43?. The van der Waals surface area contributed by atoms with Crippen molar-refractivity contribution in [2.24, 2.45) is 29.4 Å². The van der Waals surface area contributed by atoms with Crippen LogP contribution in [0, 0.1) is 23.7 Å². The Bertz CT molecular complexity index is 2400. The van der Waals surface area contributed by atoms with Gasteiger partial charge in [0.2, 0.25) is 0 Å². The number of primary amides is 1. The van der Waals surface area contributed by atoms with E-state index in [1.54, 1.807) is 6.20 Å². The number of nitrogens with two attached hydrogens (primary N) is 1. The molecule has 6 fully saturated rings. The minimum absolute atomic E-state index is 0.0780. The SMILES string of the molecule is CN(Cc1ccc(C2CC2N2CCN(C(=O)c3cnn(C(=O)N4C[C@H]5CC(N(C)Cc6ccccc6Cl)C[C@H]5C4)c3)CC2)cc1Cl)C1C[C@@H]2CN(C(=O)n3cc(C(N)=O)cn3)C[C@@H]2C1. The number of halogens is 2. The summed E-state index contributed by atoms with van der Waals surface area (Å²) in [7, 11) is 4.33.